The molecule has 2 unspecified atom stereocenters. The highest BCUT2D eigenvalue weighted by atomic mass is 35.5. The van der Waals surface area contributed by atoms with E-state index in [2.05, 4.69) is 0 Å². The van der Waals surface area contributed by atoms with Crippen LogP contribution >= 0.6 is 11.6 Å². The second kappa shape index (κ2) is 4.42. The van der Waals surface area contributed by atoms with Crippen molar-refractivity contribution in [2.45, 2.75) is 38.2 Å². The minimum absolute atomic E-state index is 0.182. The summed E-state index contributed by atoms with van der Waals surface area (Å²) < 4.78 is 21.5. The van der Waals surface area contributed by atoms with Crippen molar-refractivity contribution in [2.75, 3.05) is 26.4 Å². The van der Waals surface area contributed by atoms with Crippen LogP contribution in [0.25, 0.3) is 0 Å². The quantitative estimate of drug-likeness (QED) is 0.409. The second-order valence-electron chi connectivity index (χ2n) is 5.32. The van der Waals surface area contributed by atoms with E-state index in [-0.39, 0.29) is 17.6 Å². The summed E-state index contributed by atoms with van der Waals surface area (Å²) >= 11 is 6.40. The third-order valence-corrected chi connectivity index (χ3v) is 3.40. The minimum Gasteiger partial charge on any atom is -0.371 e. The number of epoxide rings is 2. The third-order valence-electron chi connectivity index (χ3n) is 2.61. The summed E-state index contributed by atoms with van der Waals surface area (Å²) in [5.41, 5.74) is -0.307. The van der Waals surface area contributed by atoms with Gasteiger partial charge in [-0.1, -0.05) is 32.4 Å². The summed E-state index contributed by atoms with van der Waals surface area (Å²) in [7, 11) is 0. The monoisotopic (exact) mass is 250 g/mol. The normalized spacial score (nSPS) is 32.2. The molecule has 2 heterocycles. The number of hydrogen-bond acceptors (Lipinski definition) is 4. The molecule has 0 bridgehead atoms. The molecule has 0 aromatic carbocycles. The molecular weight excluding hydrogens is 232 g/mol. The first kappa shape index (κ1) is 12.6. The molecule has 2 atom stereocenters. The molecule has 16 heavy (non-hydrogen) atoms. The summed E-state index contributed by atoms with van der Waals surface area (Å²) in [6.07, 6.45) is 0.363. The van der Waals surface area contributed by atoms with Gasteiger partial charge in [-0.3, -0.25) is 0 Å². The zero-order valence-corrected chi connectivity index (χ0v) is 10.8. The van der Waals surface area contributed by atoms with Gasteiger partial charge in [0.1, 0.15) is 12.2 Å². The Kier molecular flexibility index (Phi) is 3.48. The molecule has 2 fully saturated rings. The molecule has 2 aliphatic rings. The first-order valence-corrected chi connectivity index (χ1v) is 5.98. The highest BCUT2D eigenvalue weighted by Crippen LogP contribution is 2.40. The lowest BCUT2D eigenvalue weighted by Gasteiger charge is -2.38. The van der Waals surface area contributed by atoms with Crippen LogP contribution in [0.4, 0.5) is 0 Å². The van der Waals surface area contributed by atoms with Gasteiger partial charge < -0.3 is 18.9 Å². The molecule has 4 nitrogen and oxygen atoms in total. The van der Waals surface area contributed by atoms with E-state index in [0.717, 1.165) is 13.2 Å². The van der Waals surface area contributed by atoms with Crippen molar-refractivity contribution in [3.8, 4) is 0 Å². The van der Waals surface area contributed by atoms with Crippen molar-refractivity contribution in [1.82, 2.24) is 0 Å². The van der Waals surface area contributed by atoms with Gasteiger partial charge in [-0.2, -0.15) is 0 Å². The maximum absolute atomic E-state index is 6.40. The van der Waals surface area contributed by atoms with Gasteiger partial charge in [-0.25, -0.2) is 0 Å². The van der Waals surface area contributed by atoms with Gasteiger partial charge >= 0.3 is 0 Å². The molecule has 0 N–H and O–H groups in total. The Labute approximate surface area is 101 Å². The molecule has 94 valence electrons. The molecule has 0 radical (unpaired) electrons. The summed E-state index contributed by atoms with van der Waals surface area (Å²) in [6.45, 7) is 8.43. The highest BCUT2D eigenvalue weighted by molar-refractivity contribution is 6.22. The number of hydrogen-bond donors (Lipinski definition) is 0. The molecule has 0 saturated carbocycles. The standard InChI is InChI=1S/C11H19ClO4/c1-10(2,3)11(12,15-6-8-4-13-8)16-7-9-5-14-9/h8-9H,4-7H2,1-3H3. The summed E-state index contributed by atoms with van der Waals surface area (Å²) in [6, 6.07) is 0. The number of alkyl halides is 1. The van der Waals surface area contributed by atoms with Crippen molar-refractivity contribution in [3.63, 3.8) is 0 Å². The van der Waals surface area contributed by atoms with Crippen LogP contribution in [-0.4, -0.2) is 43.9 Å². The van der Waals surface area contributed by atoms with Crippen molar-refractivity contribution in [3.05, 3.63) is 0 Å². The van der Waals surface area contributed by atoms with Crippen LogP contribution < -0.4 is 0 Å². The maximum Gasteiger partial charge on any atom is 0.253 e. The van der Waals surface area contributed by atoms with E-state index >= 15 is 0 Å². The van der Waals surface area contributed by atoms with Gasteiger partial charge in [-0.05, 0) is 0 Å². The van der Waals surface area contributed by atoms with Gasteiger partial charge in [0, 0.05) is 5.41 Å². The zero-order chi connectivity index (χ0) is 11.8. The summed E-state index contributed by atoms with van der Waals surface area (Å²) in [5.74, 6) is 0. The van der Waals surface area contributed by atoms with E-state index in [4.69, 9.17) is 30.5 Å². The molecule has 0 aromatic heterocycles. The smallest absolute Gasteiger partial charge is 0.253 e. The lowest BCUT2D eigenvalue weighted by atomic mass is 9.95. The van der Waals surface area contributed by atoms with E-state index in [9.17, 15) is 0 Å². The topological polar surface area (TPSA) is 43.5 Å². The van der Waals surface area contributed by atoms with Crippen LogP contribution in [0, 0.1) is 5.41 Å². The van der Waals surface area contributed by atoms with E-state index in [1.807, 2.05) is 20.8 Å². The predicted molar refractivity (Wildman–Crippen MR) is 59.4 cm³/mol. The predicted octanol–water partition coefficient (Wildman–Crippen LogP) is 1.76. The van der Waals surface area contributed by atoms with E-state index < -0.39 is 5.25 Å². The second-order valence-corrected chi connectivity index (χ2v) is 5.82. The van der Waals surface area contributed by atoms with Crippen molar-refractivity contribution in [1.29, 1.82) is 0 Å². The molecule has 2 rings (SSSR count). The Hall–Kier alpha value is 0.130. The summed E-state index contributed by atoms with van der Waals surface area (Å²) in [5, 5.41) is -1.11. The van der Waals surface area contributed by atoms with Gasteiger partial charge in [0.25, 0.3) is 5.25 Å². The molecular formula is C11H19ClO4. The fraction of sp³-hybridized carbons (Fsp3) is 1.00. The van der Waals surface area contributed by atoms with E-state index in [1.54, 1.807) is 0 Å². The Balaban J connectivity index is 1.86. The van der Waals surface area contributed by atoms with Gasteiger partial charge in [0.15, 0.2) is 0 Å². The molecule has 5 heteroatoms. The summed E-state index contributed by atoms with van der Waals surface area (Å²) in [4.78, 5) is 0. The SMILES string of the molecule is CC(C)(C)C(Cl)(OCC1CO1)OCC1CO1. The van der Waals surface area contributed by atoms with Gasteiger partial charge in [0.2, 0.25) is 0 Å². The van der Waals surface area contributed by atoms with Crippen LogP contribution in [0.3, 0.4) is 0 Å². The first-order chi connectivity index (χ1) is 7.41. The van der Waals surface area contributed by atoms with E-state index in [1.165, 1.54) is 0 Å². The lowest BCUT2D eigenvalue weighted by Crippen LogP contribution is -2.44. The Morgan fingerprint density at radius 2 is 1.44 bits per heavy atom. The number of rotatable bonds is 6. The van der Waals surface area contributed by atoms with Crippen molar-refractivity contribution < 1.29 is 18.9 Å². The van der Waals surface area contributed by atoms with E-state index in [0.29, 0.717) is 13.2 Å². The molecule has 0 amide bonds. The zero-order valence-electron chi connectivity index (χ0n) is 9.99. The highest BCUT2D eigenvalue weighted by Gasteiger charge is 2.45. The van der Waals surface area contributed by atoms with Gasteiger partial charge in [0.05, 0.1) is 26.4 Å². The van der Waals surface area contributed by atoms with Crippen LogP contribution in [0.15, 0.2) is 0 Å². The first-order valence-electron chi connectivity index (χ1n) is 5.61. The fourth-order valence-corrected chi connectivity index (χ4v) is 1.33. The lowest BCUT2D eigenvalue weighted by molar-refractivity contribution is -0.233. The Morgan fingerprint density at radius 3 is 1.69 bits per heavy atom. The average molecular weight is 251 g/mol. The number of halogens is 1. The van der Waals surface area contributed by atoms with Crippen molar-refractivity contribution in [2.24, 2.45) is 5.41 Å². The largest absolute Gasteiger partial charge is 0.371 e. The van der Waals surface area contributed by atoms with Crippen molar-refractivity contribution >= 4 is 11.6 Å². The third kappa shape index (κ3) is 3.31. The molecule has 2 aliphatic heterocycles. The molecule has 0 aromatic rings. The van der Waals surface area contributed by atoms with Crippen LogP contribution in [0.2, 0.25) is 0 Å². The maximum atomic E-state index is 6.40. The van der Waals surface area contributed by atoms with Crippen LogP contribution in [0.5, 0.6) is 0 Å². The molecule has 0 aliphatic carbocycles. The fourth-order valence-electron chi connectivity index (χ4n) is 1.20. The minimum atomic E-state index is -1.11. The average Bonchev–Trinajstić information content (AvgIpc) is 3.01. The molecule has 0 spiro atoms. The van der Waals surface area contributed by atoms with Crippen LogP contribution in [-0.2, 0) is 18.9 Å². The Morgan fingerprint density at radius 1 is 1.06 bits per heavy atom. The van der Waals surface area contributed by atoms with Gasteiger partial charge in [-0.15, -0.1) is 0 Å². The molecule has 2 saturated heterocycles. The van der Waals surface area contributed by atoms with Crippen LogP contribution in [0.1, 0.15) is 20.8 Å². The number of ether oxygens (including phenoxy) is 4. The Bertz CT molecular complexity index is 227.